The highest BCUT2D eigenvalue weighted by Gasteiger charge is 2.04. The minimum absolute atomic E-state index is 0.0571. The normalized spacial score (nSPS) is 12.7. The number of rotatable bonds is 6. The molecule has 0 fully saturated rings. The zero-order chi connectivity index (χ0) is 11.1. The Morgan fingerprint density at radius 3 is 2.93 bits per heavy atom. The minimum atomic E-state index is -0.214. The van der Waals surface area contributed by atoms with E-state index >= 15 is 0 Å². The fourth-order valence-corrected chi connectivity index (χ4v) is 1.40. The molecule has 0 spiro atoms. The van der Waals surface area contributed by atoms with E-state index in [9.17, 15) is 4.39 Å². The van der Waals surface area contributed by atoms with Gasteiger partial charge in [-0.25, -0.2) is 4.39 Å². The zero-order valence-electron chi connectivity index (χ0n) is 9.08. The van der Waals surface area contributed by atoms with Crippen LogP contribution in [-0.2, 0) is 11.2 Å². The molecule has 0 amide bonds. The monoisotopic (exact) mass is 211 g/mol. The average Bonchev–Trinajstić information content (AvgIpc) is 2.18. The van der Waals surface area contributed by atoms with Crippen LogP contribution in [0, 0.1) is 5.82 Å². The maximum atomic E-state index is 12.9. The molecule has 1 aromatic rings. The molecule has 0 aliphatic rings. The quantitative estimate of drug-likeness (QED) is 0.731. The predicted molar refractivity (Wildman–Crippen MR) is 59.2 cm³/mol. The highest BCUT2D eigenvalue weighted by Crippen LogP contribution is 2.05. The summed E-state index contributed by atoms with van der Waals surface area (Å²) >= 11 is 0. The van der Waals surface area contributed by atoms with Gasteiger partial charge in [0.25, 0.3) is 0 Å². The van der Waals surface area contributed by atoms with Crippen molar-refractivity contribution in [2.75, 3.05) is 13.2 Å². The van der Waals surface area contributed by atoms with Crippen LogP contribution in [0.25, 0.3) is 0 Å². The van der Waals surface area contributed by atoms with Gasteiger partial charge >= 0.3 is 0 Å². The summed E-state index contributed by atoms with van der Waals surface area (Å²) < 4.78 is 18.2. The second kappa shape index (κ2) is 6.53. The number of hydrogen-bond acceptors (Lipinski definition) is 2. The zero-order valence-corrected chi connectivity index (χ0v) is 9.08. The topological polar surface area (TPSA) is 35.2 Å². The minimum Gasteiger partial charge on any atom is -0.380 e. The van der Waals surface area contributed by atoms with Crippen LogP contribution >= 0.6 is 0 Å². The molecule has 2 N–H and O–H groups in total. The Morgan fingerprint density at radius 2 is 2.27 bits per heavy atom. The third kappa shape index (κ3) is 4.91. The van der Waals surface area contributed by atoms with Crippen LogP contribution in [0.4, 0.5) is 4.39 Å². The van der Waals surface area contributed by atoms with Gasteiger partial charge in [0.2, 0.25) is 0 Å². The summed E-state index contributed by atoms with van der Waals surface area (Å²) in [7, 11) is 0. The standard InChI is InChI=1S/C12H18FNO/c1-2-6-15-9-12(14)8-10-4-3-5-11(13)7-10/h3-5,7,12H,2,6,8-9,14H2,1H3. The Labute approximate surface area is 90.2 Å². The van der Waals surface area contributed by atoms with Gasteiger partial charge < -0.3 is 10.5 Å². The molecule has 84 valence electrons. The first-order valence-corrected chi connectivity index (χ1v) is 5.30. The van der Waals surface area contributed by atoms with Crippen molar-refractivity contribution >= 4 is 0 Å². The second-order valence-electron chi connectivity index (χ2n) is 3.67. The van der Waals surface area contributed by atoms with Crippen LogP contribution in [0.1, 0.15) is 18.9 Å². The van der Waals surface area contributed by atoms with Crippen LogP contribution < -0.4 is 5.73 Å². The lowest BCUT2D eigenvalue weighted by atomic mass is 10.1. The highest BCUT2D eigenvalue weighted by atomic mass is 19.1. The largest absolute Gasteiger partial charge is 0.380 e. The van der Waals surface area contributed by atoms with Gasteiger partial charge in [0.15, 0.2) is 0 Å². The Kier molecular flexibility index (Phi) is 5.29. The van der Waals surface area contributed by atoms with Crippen molar-refractivity contribution < 1.29 is 9.13 Å². The van der Waals surface area contributed by atoms with Crippen LogP contribution in [0.3, 0.4) is 0 Å². The van der Waals surface area contributed by atoms with Gasteiger partial charge in [-0.15, -0.1) is 0 Å². The molecule has 1 rings (SSSR count). The molecule has 0 saturated heterocycles. The van der Waals surface area contributed by atoms with E-state index in [2.05, 4.69) is 6.92 Å². The summed E-state index contributed by atoms with van der Waals surface area (Å²) in [5, 5.41) is 0. The molecular weight excluding hydrogens is 193 g/mol. The summed E-state index contributed by atoms with van der Waals surface area (Å²) in [5.41, 5.74) is 6.77. The molecule has 1 aromatic carbocycles. The average molecular weight is 211 g/mol. The molecule has 0 radical (unpaired) electrons. The van der Waals surface area contributed by atoms with E-state index in [4.69, 9.17) is 10.5 Å². The molecule has 0 aromatic heterocycles. The molecule has 0 saturated carbocycles. The van der Waals surface area contributed by atoms with Crippen molar-refractivity contribution in [3.8, 4) is 0 Å². The maximum absolute atomic E-state index is 12.9. The summed E-state index contributed by atoms with van der Waals surface area (Å²) in [6.45, 7) is 3.32. The third-order valence-corrected chi connectivity index (χ3v) is 2.07. The summed E-state index contributed by atoms with van der Waals surface area (Å²) in [5.74, 6) is -0.214. The van der Waals surface area contributed by atoms with Crippen molar-refractivity contribution in [1.29, 1.82) is 0 Å². The Balaban J connectivity index is 2.34. The summed E-state index contributed by atoms with van der Waals surface area (Å²) in [4.78, 5) is 0. The van der Waals surface area contributed by atoms with Gasteiger partial charge in [-0.3, -0.25) is 0 Å². The second-order valence-corrected chi connectivity index (χ2v) is 3.67. The Bertz CT molecular complexity index is 291. The lowest BCUT2D eigenvalue weighted by Crippen LogP contribution is -2.28. The smallest absolute Gasteiger partial charge is 0.123 e. The maximum Gasteiger partial charge on any atom is 0.123 e. The Hall–Kier alpha value is -0.930. The van der Waals surface area contributed by atoms with E-state index in [1.54, 1.807) is 6.07 Å². The summed E-state index contributed by atoms with van der Waals surface area (Å²) in [6.07, 6.45) is 1.65. The fourth-order valence-electron chi connectivity index (χ4n) is 1.40. The number of benzene rings is 1. The lowest BCUT2D eigenvalue weighted by molar-refractivity contribution is 0.121. The molecule has 1 unspecified atom stereocenters. The van der Waals surface area contributed by atoms with Crippen LogP contribution in [0.5, 0.6) is 0 Å². The third-order valence-electron chi connectivity index (χ3n) is 2.07. The first-order valence-electron chi connectivity index (χ1n) is 5.30. The van der Waals surface area contributed by atoms with Gasteiger partial charge in [0.1, 0.15) is 5.82 Å². The lowest BCUT2D eigenvalue weighted by Gasteiger charge is -2.11. The van der Waals surface area contributed by atoms with Gasteiger partial charge in [-0.2, -0.15) is 0 Å². The molecule has 0 bridgehead atoms. The number of ether oxygens (including phenoxy) is 1. The SMILES string of the molecule is CCCOCC(N)Cc1cccc(F)c1. The molecule has 2 nitrogen and oxygen atoms in total. The van der Waals surface area contributed by atoms with E-state index in [0.29, 0.717) is 13.0 Å². The molecule has 0 aliphatic heterocycles. The molecule has 0 heterocycles. The molecule has 1 atom stereocenters. The molecular formula is C12H18FNO. The van der Waals surface area contributed by atoms with Crippen LogP contribution in [-0.4, -0.2) is 19.3 Å². The van der Waals surface area contributed by atoms with Gasteiger partial charge in [-0.05, 0) is 30.5 Å². The first kappa shape index (κ1) is 12.1. The predicted octanol–water partition coefficient (Wildman–Crippen LogP) is 2.12. The van der Waals surface area contributed by atoms with Gasteiger partial charge in [-0.1, -0.05) is 19.1 Å². The molecule has 3 heteroatoms. The number of halogens is 1. The number of hydrogen-bond donors (Lipinski definition) is 1. The van der Waals surface area contributed by atoms with E-state index in [-0.39, 0.29) is 11.9 Å². The van der Waals surface area contributed by atoms with Gasteiger partial charge in [0.05, 0.1) is 6.61 Å². The van der Waals surface area contributed by atoms with Crippen molar-refractivity contribution in [2.45, 2.75) is 25.8 Å². The van der Waals surface area contributed by atoms with E-state index in [0.717, 1.165) is 18.6 Å². The van der Waals surface area contributed by atoms with E-state index < -0.39 is 0 Å². The highest BCUT2D eigenvalue weighted by molar-refractivity contribution is 5.17. The van der Waals surface area contributed by atoms with Crippen LogP contribution in [0.15, 0.2) is 24.3 Å². The summed E-state index contributed by atoms with van der Waals surface area (Å²) in [6, 6.07) is 6.47. The van der Waals surface area contributed by atoms with Gasteiger partial charge in [0, 0.05) is 12.6 Å². The van der Waals surface area contributed by atoms with E-state index in [1.165, 1.54) is 12.1 Å². The van der Waals surface area contributed by atoms with E-state index in [1.807, 2.05) is 6.07 Å². The molecule has 0 aliphatic carbocycles. The Morgan fingerprint density at radius 1 is 1.47 bits per heavy atom. The van der Waals surface area contributed by atoms with Crippen molar-refractivity contribution in [3.05, 3.63) is 35.6 Å². The first-order chi connectivity index (χ1) is 7.22. The number of nitrogens with two attached hydrogens (primary N) is 1. The molecule has 15 heavy (non-hydrogen) atoms. The fraction of sp³-hybridized carbons (Fsp3) is 0.500. The van der Waals surface area contributed by atoms with Crippen molar-refractivity contribution in [2.24, 2.45) is 5.73 Å². The van der Waals surface area contributed by atoms with Crippen molar-refractivity contribution in [3.63, 3.8) is 0 Å². The van der Waals surface area contributed by atoms with Crippen molar-refractivity contribution in [1.82, 2.24) is 0 Å². The van der Waals surface area contributed by atoms with Crippen LogP contribution in [0.2, 0.25) is 0 Å².